The zero-order valence-corrected chi connectivity index (χ0v) is 24.4. The number of nitrogens with zero attached hydrogens (tertiary/aromatic N) is 1. The SMILES string of the molecule is COc1cccc2c1C(=O)c1c(O)c3c(c(O)c1C2=O)CC(O)(C(O)CO)CC3O[C@H]1C[C@H](N2CCOCC2)[C@H](O)[C@H](C)O1. The van der Waals surface area contributed by atoms with Gasteiger partial charge < -0.3 is 49.6 Å². The summed E-state index contributed by atoms with van der Waals surface area (Å²) >= 11 is 0. The van der Waals surface area contributed by atoms with E-state index in [0.29, 0.717) is 26.3 Å². The summed E-state index contributed by atoms with van der Waals surface area (Å²) in [6.45, 7) is 3.08. The van der Waals surface area contributed by atoms with Crippen molar-refractivity contribution in [3.05, 3.63) is 51.6 Å². The van der Waals surface area contributed by atoms with Gasteiger partial charge in [0.1, 0.15) is 23.4 Å². The van der Waals surface area contributed by atoms with E-state index in [1.54, 1.807) is 6.92 Å². The van der Waals surface area contributed by atoms with Crippen LogP contribution in [0.25, 0.3) is 0 Å². The van der Waals surface area contributed by atoms with E-state index in [2.05, 4.69) is 4.90 Å². The summed E-state index contributed by atoms with van der Waals surface area (Å²) in [4.78, 5) is 29.6. The first kappa shape index (κ1) is 30.9. The first-order chi connectivity index (χ1) is 21.0. The number of aliphatic hydroxyl groups is 4. The summed E-state index contributed by atoms with van der Waals surface area (Å²) in [6, 6.07) is 4.09. The summed E-state index contributed by atoms with van der Waals surface area (Å²) in [5.74, 6) is -2.60. The van der Waals surface area contributed by atoms with Gasteiger partial charge in [-0.15, -0.1) is 0 Å². The molecule has 0 aromatic heterocycles. The van der Waals surface area contributed by atoms with E-state index >= 15 is 0 Å². The highest BCUT2D eigenvalue weighted by Crippen LogP contribution is 2.53. The molecule has 6 N–H and O–H groups in total. The Balaban J connectivity index is 1.44. The van der Waals surface area contributed by atoms with Crippen LogP contribution in [0.5, 0.6) is 17.2 Å². The van der Waals surface area contributed by atoms with Gasteiger partial charge in [-0.1, -0.05) is 12.1 Å². The van der Waals surface area contributed by atoms with Crippen LogP contribution in [0.15, 0.2) is 18.2 Å². The van der Waals surface area contributed by atoms with Crippen molar-refractivity contribution in [3.63, 3.8) is 0 Å². The molecule has 2 fully saturated rings. The second-order valence-corrected chi connectivity index (χ2v) is 11.9. The van der Waals surface area contributed by atoms with E-state index in [1.165, 1.54) is 25.3 Å². The molecule has 6 rings (SSSR count). The number of aromatic hydroxyl groups is 2. The smallest absolute Gasteiger partial charge is 0.202 e. The molecule has 0 amide bonds. The number of hydrogen-bond donors (Lipinski definition) is 6. The molecule has 0 saturated carbocycles. The van der Waals surface area contributed by atoms with Gasteiger partial charge in [0.05, 0.1) is 67.5 Å². The Kier molecular flexibility index (Phi) is 8.18. The number of aliphatic hydroxyl groups excluding tert-OH is 3. The summed E-state index contributed by atoms with van der Waals surface area (Å²) in [5.41, 5.74) is -3.14. The third kappa shape index (κ3) is 4.88. The van der Waals surface area contributed by atoms with Gasteiger partial charge >= 0.3 is 0 Å². The van der Waals surface area contributed by atoms with Gasteiger partial charge in [0.2, 0.25) is 5.78 Å². The molecule has 2 saturated heterocycles. The van der Waals surface area contributed by atoms with Crippen molar-refractivity contribution in [1.29, 1.82) is 0 Å². The molecular formula is C31H37NO12. The lowest BCUT2D eigenvalue weighted by Crippen LogP contribution is -2.58. The van der Waals surface area contributed by atoms with Crippen LogP contribution in [0.3, 0.4) is 0 Å². The normalized spacial score (nSPS) is 31.2. The van der Waals surface area contributed by atoms with Crippen LogP contribution in [-0.4, -0.2) is 123 Å². The lowest BCUT2D eigenvalue weighted by Gasteiger charge is -2.46. The highest BCUT2D eigenvalue weighted by atomic mass is 16.7. The van der Waals surface area contributed by atoms with E-state index in [1.807, 2.05) is 0 Å². The van der Waals surface area contributed by atoms with Crippen molar-refractivity contribution >= 4 is 11.6 Å². The zero-order chi connectivity index (χ0) is 31.5. The highest BCUT2D eigenvalue weighted by Gasteiger charge is 2.50. The third-order valence-corrected chi connectivity index (χ3v) is 9.40. The number of rotatable bonds is 6. The van der Waals surface area contributed by atoms with Crippen molar-refractivity contribution in [2.24, 2.45) is 0 Å². The molecule has 238 valence electrons. The monoisotopic (exact) mass is 615 g/mol. The first-order valence-electron chi connectivity index (χ1n) is 14.7. The highest BCUT2D eigenvalue weighted by molar-refractivity contribution is 6.31. The number of phenolic OH excluding ortho intramolecular Hbond substituents is 2. The summed E-state index contributed by atoms with van der Waals surface area (Å²) in [7, 11) is 1.34. The molecule has 13 nitrogen and oxygen atoms in total. The molecule has 13 heteroatoms. The zero-order valence-electron chi connectivity index (χ0n) is 24.4. The lowest BCUT2D eigenvalue weighted by molar-refractivity contribution is -0.263. The molecule has 7 atom stereocenters. The van der Waals surface area contributed by atoms with Crippen LogP contribution in [0.2, 0.25) is 0 Å². The maximum absolute atomic E-state index is 13.8. The summed E-state index contributed by atoms with van der Waals surface area (Å²) < 4.78 is 23.1. The number of carbonyl (C=O) groups excluding carboxylic acids is 2. The number of ether oxygens (including phenoxy) is 4. The molecule has 2 aromatic rings. The molecule has 2 aliphatic carbocycles. The van der Waals surface area contributed by atoms with Gasteiger partial charge in [0, 0.05) is 55.1 Å². The quantitative estimate of drug-likeness (QED) is 0.206. The van der Waals surface area contributed by atoms with Crippen LogP contribution in [0, 0.1) is 0 Å². The maximum atomic E-state index is 13.8. The van der Waals surface area contributed by atoms with Gasteiger partial charge in [0.15, 0.2) is 12.1 Å². The van der Waals surface area contributed by atoms with Crippen LogP contribution >= 0.6 is 0 Å². The molecule has 4 aliphatic rings. The van der Waals surface area contributed by atoms with Crippen LogP contribution in [-0.2, 0) is 20.6 Å². The van der Waals surface area contributed by atoms with E-state index in [-0.39, 0.29) is 46.9 Å². The number of benzene rings is 2. The van der Waals surface area contributed by atoms with Crippen molar-refractivity contribution in [2.45, 2.75) is 68.5 Å². The van der Waals surface area contributed by atoms with Crippen molar-refractivity contribution in [3.8, 4) is 17.2 Å². The first-order valence-corrected chi connectivity index (χ1v) is 14.7. The minimum atomic E-state index is -2.04. The topological polar surface area (TPSA) is 196 Å². The summed E-state index contributed by atoms with van der Waals surface area (Å²) in [6.07, 6.45) is -5.99. The van der Waals surface area contributed by atoms with Crippen LogP contribution in [0.4, 0.5) is 0 Å². The Hall–Kier alpha value is -3.14. The van der Waals surface area contributed by atoms with Gasteiger partial charge in [-0.25, -0.2) is 0 Å². The van der Waals surface area contributed by atoms with E-state index in [4.69, 9.17) is 18.9 Å². The molecule has 0 radical (unpaired) electrons. The molecule has 2 aliphatic heterocycles. The van der Waals surface area contributed by atoms with Crippen LogP contribution < -0.4 is 4.74 Å². The standard InChI is InChI=1S/C31H37NO12/c1-14-26(35)17(32-6-8-42-9-7-32)10-21(43-14)44-19-12-31(40,20(34)13-33)11-16-23(19)30(39)25-24(28(16)37)27(36)15-4-3-5-18(41-2)22(15)29(25)38/h3-5,14,17,19-21,26,33-35,37,39-40H,6-13H2,1-2H3/t14-,17-,19?,20?,21-,26+,31?/m0/s1. The Morgan fingerprint density at radius 3 is 2.48 bits per heavy atom. The minimum Gasteiger partial charge on any atom is -0.507 e. The fourth-order valence-electron chi connectivity index (χ4n) is 7.06. The predicted molar refractivity (Wildman–Crippen MR) is 151 cm³/mol. The lowest BCUT2D eigenvalue weighted by atomic mass is 9.71. The largest absolute Gasteiger partial charge is 0.507 e. The average Bonchev–Trinajstić information content (AvgIpc) is 3.02. The second-order valence-electron chi connectivity index (χ2n) is 11.9. The number of ketones is 2. The fraction of sp³-hybridized carbons (Fsp3) is 0.548. The maximum Gasteiger partial charge on any atom is 0.202 e. The minimum absolute atomic E-state index is 0.0249. The van der Waals surface area contributed by atoms with E-state index < -0.39 is 83.5 Å². The molecule has 44 heavy (non-hydrogen) atoms. The van der Waals surface area contributed by atoms with Crippen molar-refractivity contribution in [2.75, 3.05) is 40.0 Å². The Morgan fingerprint density at radius 2 is 1.80 bits per heavy atom. The molecule has 0 bridgehead atoms. The predicted octanol–water partition coefficient (Wildman–Crippen LogP) is 0.167. The molecule has 0 spiro atoms. The molecule has 2 heterocycles. The van der Waals surface area contributed by atoms with Crippen LogP contribution in [0.1, 0.15) is 68.8 Å². The average molecular weight is 616 g/mol. The van der Waals surface area contributed by atoms with Gasteiger partial charge in [-0.3, -0.25) is 14.5 Å². The Labute approximate surface area is 253 Å². The number of methoxy groups -OCH3 is 1. The molecule has 2 aromatic carbocycles. The van der Waals surface area contributed by atoms with Gasteiger partial charge in [-0.2, -0.15) is 0 Å². The fourth-order valence-corrected chi connectivity index (χ4v) is 7.06. The number of phenols is 2. The van der Waals surface area contributed by atoms with Crippen molar-refractivity contribution in [1.82, 2.24) is 4.90 Å². The number of fused-ring (bicyclic) bond motifs is 3. The third-order valence-electron chi connectivity index (χ3n) is 9.40. The van der Waals surface area contributed by atoms with E-state index in [9.17, 15) is 40.2 Å². The number of hydrogen-bond acceptors (Lipinski definition) is 13. The van der Waals surface area contributed by atoms with Crippen molar-refractivity contribution < 1.29 is 59.2 Å². The Bertz CT molecular complexity index is 1470. The van der Waals surface area contributed by atoms with Gasteiger partial charge in [0.25, 0.3) is 0 Å². The second kappa shape index (κ2) is 11.7. The Morgan fingerprint density at radius 1 is 1.09 bits per heavy atom. The summed E-state index contributed by atoms with van der Waals surface area (Å²) in [5, 5.41) is 66.1. The number of morpholine rings is 1. The number of carbonyl (C=O) groups is 2. The molecule has 3 unspecified atom stereocenters. The molecular weight excluding hydrogens is 578 g/mol. The van der Waals surface area contributed by atoms with E-state index in [0.717, 1.165) is 0 Å². The van der Waals surface area contributed by atoms with Gasteiger partial charge in [-0.05, 0) is 13.0 Å².